The van der Waals surface area contributed by atoms with Gasteiger partial charge in [0.2, 0.25) is 11.8 Å². The van der Waals surface area contributed by atoms with Crippen LogP contribution in [-0.2, 0) is 32.1 Å². The lowest BCUT2D eigenvalue weighted by atomic mass is 9.73. The SMILES string of the molecule is CN1N=C2CCN(C(=O)C(COCc3ccccc3)NC(=O)C(C)(C)N)CC2(Cc2ccccc2)C1=O.CO.CO. The summed E-state index contributed by atoms with van der Waals surface area (Å²) in [5.74, 6) is -0.892. The molecule has 1 fully saturated rings. The molecule has 2 aliphatic heterocycles. The topological polar surface area (TPSA) is 158 Å². The second-order valence-corrected chi connectivity index (χ2v) is 10.4. The quantitative estimate of drug-likeness (QED) is 0.350. The summed E-state index contributed by atoms with van der Waals surface area (Å²) in [5.41, 5.74) is 6.63. The molecular formula is C30H43N5O6. The van der Waals surface area contributed by atoms with Crippen LogP contribution in [0.2, 0.25) is 0 Å². The molecule has 2 unspecified atom stereocenters. The van der Waals surface area contributed by atoms with Crippen molar-refractivity contribution >= 4 is 23.4 Å². The Bertz CT molecular complexity index is 1170. The molecule has 0 aliphatic carbocycles. The number of piperidine rings is 1. The molecular weight excluding hydrogens is 526 g/mol. The highest BCUT2D eigenvalue weighted by atomic mass is 16.5. The smallest absolute Gasteiger partial charge is 0.256 e. The maximum atomic E-state index is 13.8. The number of amides is 3. The number of aliphatic hydroxyl groups is 2. The summed E-state index contributed by atoms with van der Waals surface area (Å²) in [6.07, 6.45) is 0.916. The zero-order valence-electron chi connectivity index (χ0n) is 24.5. The van der Waals surface area contributed by atoms with E-state index in [0.29, 0.717) is 26.0 Å². The first-order chi connectivity index (χ1) is 19.6. The van der Waals surface area contributed by atoms with Crippen LogP contribution in [0, 0.1) is 5.41 Å². The van der Waals surface area contributed by atoms with Crippen molar-refractivity contribution in [3.63, 3.8) is 0 Å². The van der Waals surface area contributed by atoms with Crippen LogP contribution in [0.4, 0.5) is 0 Å². The second kappa shape index (κ2) is 15.4. The average Bonchev–Trinajstić information content (AvgIpc) is 3.23. The Kier molecular flexibility index (Phi) is 12.6. The van der Waals surface area contributed by atoms with E-state index in [0.717, 1.165) is 31.1 Å². The van der Waals surface area contributed by atoms with Crippen LogP contribution in [0.15, 0.2) is 65.8 Å². The molecule has 2 aliphatic rings. The van der Waals surface area contributed by atoms with Gasteiger partial charge in [0.25, 0.3) is 5.91 Å². The van der Waals surface area contributed by atoms with Gasteiger partial charge in [0.1, 0.15) is 11.5 Å². The van der Waals surface area contributed by atoms with Gasteiger partial charge in [-0.25, -0.2) is 5.01 Å². The van der Waals surface area contributed by atoms with Crippen molar-refractivity contribution in [1.29, 1.82) is 0 Å². The molecule has 2 heterocycles. The van der Waals surface area contributed by atoms with Crippen molar-refractivity contribution in [2.45, 2.75) is 44.9 Å². The van der Waals surface area contributed by atoms with E-state index in [1.54, 1.807) is 25.8 Å². The minimum atomic E-state index is -1.17. The van der Waals surface area contributed by atoms with Gasteiger partial charge in [0, 0.05) is 40.8 Å². The van der Waals surface area contributed by atoms with Crippen LogP contribution < -0.4 is 11.1 Å². The number of nitrogens with two attached hydrogens (primary N) is 1. The van der Waals surface area contributed by atoms with E-state index < -0.39 is 22.9 Å². The largest absolute Gasteiger partial charge is 0.400 e. The summed E-state index contributed by atoms with van der Waals surface area (Å²) < 4.78 is 5.85. The van der Waals surface area contributed by atoms with Crippen molar-refractivity contribution < 1.29 is 29.3 Å². The normalized spacial score (nSPS) is 18.6. The molecule has 3 amide bonds. The fourth-order valence-electron chi connectivity index (χ4n) is 4.82. The lowest BCUT2D eigenvalue weighted by Gasteiger charge is -2.40. The molecule has 0 aromatic heterocycles. The molecule has 2 atom stereocenters. The summed E-state index contributed by atoms with van der Waals surface area (Å²) in [5, 5.41) is 22.7. The van der Waals surface area contributed by atoms with Crippen molar-refractivity contribution in [1.82, 2.24) is 15.2 Å². The number of carbonyl (C=O) groups is 3. The van der Waals surface area contributed by atoms with Crippen LogP contribution in [0.1, 0.15) is 31.4 Å². The molecule has 224 valence electrons. The van der Waals surface area contributed by atoms with Crippen molar-refractivity contribution in [2.75, 3.05) is 41.0 Å². The van der Waals surface area contributed by atoms with E-state index in [4.69, 9.17) is 20.7 Å². The Morgan fingerprint density at radius 1 is 1.05 bits per heavy atom. The Morgan fingerprint density at radius 3 is 2.17 bits per heavy atom. The van der Waals surface area contributed by atoms with Gasteiger partial charge in [-0.2, -0.15) is 5.10 Å². The Hall–Kier alpha value is -3.64. The molecule has 0 spiro atoms. The van der Waals surface area contributed by atoms with Crippen LogP contribution in [0.25, 0.3) is 0 Å². The first kappa shape index (κ1) is 33.6. The van der Waals surface area contributed by atoms with E-state index in [2.05, 4.69) is 10.4 Å². The monoisotopic (exact) mass is 569 g/mol. The van der Waals surface area contributed by atoms with Gasteiger partial charge in [0.05, 0.1) is 24.5 Å². The van der Waals surface area contributed by atoms with Crippen LogP contribution in [0.5, 0.6) is 0 Å². The maximum absolute atomic E-state index is 13.8. The van der Waals surface area contributed by atoms with Gasteiger partial charge in [-0.05, 0) is 31.4 Å². The molecule has 0 radical (unpaired) electrons. The number of ether oxygens (including phenoxy) is 1. The van der Waals surface area contributed by atoms with Crippen LogP contribution >= 0.6 is 0 Å². The first-order valence-corrected chi connectivity index (χ1v) is 13.4. The van der Waals surface area contributed by atoms with Gasteiger partial charge in [-0.1, -0.05) is 60.7 Å². The fraction of sp³-hybridized carbons (Fsp3) is 0.467. The third kappa shape index (κ3) is 8.43. The van der Waals surface area contributed by atoms with E-state index in [-0.39, 0.29) is 25.0 Å². The number of aliphatic hydroxyl groups excluding tert-OH is 2. The molecule has 11 heteroatoms. The summed E-state index contributed by atoms with van der Waals surface area (Å²) >= 11 is 0. The molecule has 0 saturated carbocycles. The number of nitrogens with zero attached hydrogens (tertiary/aromatic N) is 3. The van der Waals surface area contributed by atoms with Crippen LogP contribution in [-0.4, -0.2) is 96.1 Å². The highest BCUT2D eigenvalue weighted by Crippen LogP contribution is 2.38. The number of hydrazone groups is 1. The van der Waals surface area contributed by atoms with Crippen molar-refractivity contribution in [3.05, 3.63) is 71.8 Å². The molecule has 2 aromatic carbocycles. The fourth-order valence-corrected chi connectivity index (χ4v) is 4.82. The lowest BCUT2D eigenvalue weighted by molar-refractivity contribution is -0.143. The summed E-state index contributed by atoms with van der Waals surface area (Å²) in [6, 6.07) is 18.4. The summed E-state index contributed by atoms with van der Waals surface area (Å²) in [6.45, 7) is 4.02. The number of benzene rings is 2. The molecule has 11 nitrogen and oxygen atoms in total. The maximum Gasteiger partial charge on any atom is 0.256 e. The molecule has 1 saturated heterocycles. The zero-order valence-corrected chi connectivity index (χ0v) is 24.5. The predicted octanol–water partition coefficient (Wildman–Crippen LogP) is 0.932. The number of carbonyl (C=O) groups excluding carboxylic acids is 3. The van der Waals surface area contributed by atoms with Gasteiger partial charge >= 0.3 is 0 Å². The zero-order chi connectivity index (χ0) is 30.6. The first-order valence-electron chi connectivity index (χ1n) is 13.4. The van der Waals surface area contributed by atoms with E-state index in [9.17, 15) is 14.4 Å². The number of hydrogen-bond acceptors (Lipinski definition) is 8. The van der Waals surface area contributed by atoms with E-state index in [1.807, 2.05) is 60.7 Å². The minimum Gasteiger partial charge on any atom is -0.400 e. The molecule has 0 bridgehead atoms. The third-order valence-corrected chi connectivity index (χ3v) is 6.85. The lowest BCUT2D eigenvalue weighted by Crippen LogP contribution is -2.61. The van der Waals surface area contributed by atoms with Gasteiger partial charge in [-0.15, -0.1) is 0 Å². The third-order valence-electron chi connectivity index (χ3n) is 6.85. The highest BCUT2D eigenvalue weighted by Gasteiger charge is 2.54. The van der Waals surface area contributed by atoms with Crippen molar-refractivity contribution in [3.8, 4) is 0 Å². The van der Waals surface area contributed by atoms with Gasteiger partial charge in [-0.3, -0.25) is 14.4 Å². The average molecular weight is 570 g/mol. The number of rotatable bonds is 9. The molecule has 5 N–H and O–H groups in total. The number of fused-ring (bicyclic) bond motifs is 1. The Morgan fingerprint density at radius 2 is 1.61 bits per heavy atom. The number of likely N-dealkylation sites (tertiary alicyclic amines) is 1. The molecule has 41 heavy (non-hydrogen) atoms. The Labute approximate surface area is 242 Å². The standard InChI is InChI=1S/C28H35N5O4.2CH4O/c1-27(2,29)25(35)30-22(18-37-17-21-12-8-5-9-13-21)24(34)33-15-14-23-28(19-33,26(36)32(3)31-23)16-20-10-6-4-7-11-20;2*1-2/h4-13,22H,14-19,29H2,1-3H3,(H,30,35);2*2H,1H3. The number of nitrogens with one attached hydrogen (secondary N) is 1. The highest BCUT2D eigenvalue weighted by molar-refractivity contribution is 6.13. The summed E-state index contributed by atoms with van der Waals surface area (Å²) in [4.78, 5) is 41.6. The van der Waals surface area contributed by atoms with Gasteiger partial charge in [0.15, 0.2) is 0 Å². The minimum absolute atomic E-state index is 0.0213. The molecule has 2 aromatic rings. The van der Waals surface area contributed by atoms with E-state index >= 15 is 0 Å². The number of hydrogen-bond donors (Lipinski definition) is 4. The van der Waals surface area contributed by atoms with E-state index in [1.165, 1.54) is 5.01 Å². The summed E-state index contributed by atoms with van der Waals surface area (Å²) in [7, 11) is 3.65. The van der Waals surface area contributed by atoms with Crippen molar-refractivity contribution in [2.24, 2.45) is 16.3 Å². The van der Waals surface area contributed by atoms with Gasteiger partial charge < -0.3 is 30.9 Å². The molecule has 4 rings (SSSR count). The predicted molar refractivity (Wildman–Crippen MR) is 157 cm³/mol. The van der Waals surface area contributed by atoms with Crippen LogP contribution in [0.3, 0.4) is 0 Å². The Balaban J connectivity index is 0.00000141. The second-order valence-electron chi connectivity index (χ2n) is 10.4.